The SMILES string of the molecule is O=C(/C=C/c1ccc(OC(=O)n2ccnc2)cc1)n1ccnc1. The largest absolute Gasteiger partial charge is 0.424 e. The zero-order valence-electron chi connectivity index (χ0n) is 11.9. The smallest absolute Gasteiger partial charge is 0.410 e. The number of carbonyl (C=O) groups is 2. The first kappa shape index (κ1) is 14.5. The highest BCUT2D eigenvalue weighted by molar-refractivity contribution is 5.93. The Kier molecular flexibility index (Phi) is 4.10. The van der Waals surface area contributed by atoms with Crippen molar-refractivity contribution in [1.82, 2.24) is 19.1 Å². The van der Waals surface area contributed by atoms with Gasteiger partial charge in [0, 0.05) is 30.9 Å². The second kappa shape index (κ2) is 6.52. The fraction of sp³-hybridized carbons (Fsp3) is 0. The lowest BCUT2D eigenvalue weighted by molar-refractivity contribution is 0.0969. The standard InChI is InChI=1S/C16H12N4O3/c21-15(19-9-7-17-11-19)6-3-13-1-4-14(5-2-13)23-16(22)20-10-8-18-12-20/h1-12H/b6-3+. The third kappa shape index (κ3) is 3.59. The number of rotatable bonds is 3. The molecule has 0 aliphatic carbocycles. The van der Waals surface area contributed by atoms with Crippen molar-refractivity contribution in [2.75, 3.05) is 0 Å². The third-order valence-corrected chi connectivity index (χ3v) is 2.98. The number of ether oxygens (including phenoxy) is 1. The van der Waals surface area contributed by atoms with Crippen molar-refractivity contribution >= 4 is 18.1 Å². The highest BCUT2D eigenvalue weighted by Crippen LogP contribution is 2.14. The highest BCUT2D eigenvalue weighted by atomic mass is 16.6. The average molecular weight is 308 g/mol. The number of allylic oxidation sites excluding steroid dienone is 1. The van der Waals surface area contributed by atoms with E-state index in [0.29, 0.717) is 5.75 Å². The van der Waals surface area contributed by atoms with Gasteiger partial charge in [0.05, 0.1) is 0 Å². The van der Waals surface area contributed by atoms with E-state index in [0.717, 1.165) is 5.56 Å². The molecule has 0 saturated carbocycles. The molecule has 0 bridgehead atoms. The molecule has 0 unspecified atom stereocenters. The van der Waals surface area contributed by atoms with Crippen LogP contribution < -0.4 is 4.74 Å². The van der Waals surface area contributed by atoms with Crippen LogP contribution in [0.5, 0.6) is 5.75 Å². The van der Waals surface area contributed by atoms with Crippen LogP contribution in [0.3, 0.4) is 0 Å². The van der Waals surface area contributed by atoms with Gasteiger partial charge < -0.3 is 4.74 Å². The number of aromatic nitrogens is 4. The molecule has 0 saturated heterocycles. The van der Waals surface area contributed by atoms with Crippen molar-refractivity contribution in [3.8, 4) is 5.75 Å². The van der Waals surface area contributed by atoms with Gasteiger partial charge in [0.15, 0.2) is 0 Å². The van der Waals surface area contributed by atoms with Crippen molar-refractivity contribution in [3.63, 3.8) is 0 Å². The lowest BCUT2D eigenvalue weighted by Crippen LogP contribution is -2.14. The van der Waals surface area contributed by atoms with Crippen LogP contribution in [0.1, 0.15) is 10.4 Å². The Morgan fingerprint density at radius 3 is 2.22 bits per heavy atom. The summed E-state index contributed by atoms with van der Waals surface area (Å²) in [6.45, 7) is 0. The summed E-state index contributed by atoms with van der Waals surface area (Å²) in [6, 6.07) is 6.79. The van der Waals surface area contributed by atoms with E-state index in [9.17, 15) is 9.59 Å². The van der Waals surface area contributed by atoms with Crippen LogP contribution in [0.4, 0.5) is 4.79 Å². The second-order valence-corrected chi connectivity index (χ2v) is 4.55. The molecular weight excluding hydrogens is 296 g/mol. The lowest BCUT2D eigenvalue weighted by atomic mass is 10.2. The zero-order chi connectivity index (χ0) is 16.1. The molecule has 2 aromatic heterocycles. The Hall–Kier alpha value is -3.48. The molecule has 0 N–H and O–H groups in total. The van der Waals surface area contributed by atoms with Gasteiger partial charge in [0.1, 0.15) is 18.4 Å². The number of benzene rings is 1. The Balaban J connectivity index is 1.63. The van der Waals surface area contributed by atoms with Crippen molar-refractivity contribution in [2.45, 2.75) is 0 Å². The van der Waals surface area contributed by atoms with Gasteiger partial charge in [-0.1, -0.05) is 12.1 Å². The average Bonchev–Trinajstić information content (AvgIpc) is 3.27. The van der Waals surface area contributed by atoms with Gasteiger partial charge in [-0.15, -0.1) is 0 Å². The molecule has 0 radical (unpaired) electrons. The quantitative estimate of drug-likeness (QED) is 0.694. The molecule has 0 fully saturated rings. The molecular formula is C16H12N4O3. The van der Waals surface area contributed by atoms with Gasteiger partial charge in [0.2, 0.25) is 0 Å². The molecule has 23 heavy (non-hydrogen) atoms. The maximum absolute atomic E-state index is 11.8. The van der Waals surface area contributed by atoms with E-state index in [-0.39, 0.29) is 5.91 Å². The molecule has 0 amide bonds. The topological polar surface area (TPSA) is 79.0 Å². The molecule has 1 aromatic carbocycles. The lowest BCUT2D eigenvalue weighted by Gasteiger charge is -2.04. The molecule has 0 aliphatic rings. The molecule has 7 heteroatoms. The molecule has 2 heterocycles. The molecule has 3 aromatic rings. The fourth-order valence-electron chi connectivity index (χ4n) is 1.81. The zero-order valence-corrected chi connectivity index (χ0v) is 11.9. The molecule has 114 valence electrons. The van der Waals surface area contributed by atoms with Gasteiger partial charge in [-0.25, -0.2) is 19.3 Å². The maximum Gasteiger partial charge on any atom is 0.424 e. The van der Waals surface area contributed by atoms with Gasteiger partial charge in [0.25, 0.3) is 5.91 Å². The Bertz CT molecular complexity index is 819. The van der Waals surface area contributed by atoms with Crippen LogP contribution in [0.25, 0.3) is 6.08 Å². The Labute approximate surface area is 131 Å². The van der Waals surface area contributed by atoms with E-state index in [2.05, 4.69) is 9.97 Å². The molecule has 0 atom stereocenters. The first-order chi connectivity index (χ1) is 11.2. The van der Waals surface area contributed by atoms with Crippen molar-refractivity contribution in [3.05, 3.63) is 73.3 Å². The maximum atomic E-state index is 11.8. The normalized spacial score (nSPS) is 10.8. The van der Waals surface area contributed by atoms with Crippen LogP contribution in [0, 0.1) is 0 Å². The van der Waals surface area contributed by atoms with Crippen LogP contribution in [-0.4, -0.2) is 31.1 Å². The summed E-state index contributed by atoms with van der Waals surface area (Å²) in [5, 5.41) is 0. The van der Waals surface area contributed by atoms with Gasteiger partial charge in [-0.05, 0) is 23.8 Å². The predicted octanol–water partition coefficient (Wildman–Crippen LogP) is 2.48. The Morgan fingerprint density at radius 2 is 1.61 bits per heavy atom. The monoisotopic (exact) mass is 308 g/mol. The highest BCUT2D eigenvalue weighted by Gasteiger charge is 2.06. The summed E-state index contributed by atoms with van der Waals surface area (Å²) in [7, 11) is 0. The molecule has 3 rings (SSSR count). The van der Waals surface area contributed by atoms with Gasteiger partial charge in [-0.2, -0.15) is 0 Å². The van der Waals surface area contributed by atoms with E-state index >= 15 is 0 Å². The first-order valence-electron chi connectivity index (χ1n) is 6.73. The van der Waals surface area contributed by atoms with E-state index in [4.69, 9.17) is 4.74 Å². The minimum absolute atomic E-state index is 0.196. The van der Waals surface area contributed by atoms with Crippen LogP contribution >= 0.6 is 0 Å². The van der Waals surface area contributed by atoms with E-state index < -0.39 is 6.09 Å². The van der Waals surface area contributed by atoms with E-state index in [1.165, 1.54) is 46.5 Å². The molecule has 0 spiro atoms. The third-order valence-electron chi connectivity index (χ3n) is 2.98. The molecule has 7 nitrogen and oxygen atoms in total. The second-order valence-electron chi connectivity index (χ2n) is 4.55. The van der Waals surface area contributed by atoms with E-state index in [1.807, 2.05) is 0 Å². The van der Waals surface area contributed by atoms with Gasteiger partial charge >= 0.3 is 6.09 Å². The Morgan fingerprint density at radius 1 is 0.957 bits per heavy atom. The van der Waals surface area contributed by atoms with Crippen LogP contribution in [0.15, 0.2) is 67.8 Å². The molecule has 0 aliphatic heterocycles. The summed E-state index contributed by atoms with van der Waals surface area (Å²) in [4.78, 5) is 31.1. The minimum Gasteiger partial charge on any atom is -0.410 e. The van der Waals surface area contributed by atoms with Crippen molar-refractivity contribution in [2.24, 2.45) is 0 Å². The number of nitrogens with zero attached hydrogens (tertiary/aromatic N) is 4. The van der Waals surface area contributed by atoms with Gasteiger partial charge in [-0.3, -0.25) is 9.36 Å². The number of carbonyl (C=O) groups excluding carboxylic acids is 2. The summed E-state index contributed by atoms with van der Waals surface area (Å²) in [6.07, 6.45) is 11.5. The summed E-state index contributed by atoms with van der Waals surface area (Å²) in [5.41, 5.74) is 0.806. The summed E-state index contributed by atoms with van der Waals surface area (Å²) >= 11 is 0. The minimum atomic E-state index is -0.541. The van der Waals surface area contributed by atoms with Crippen LogP contribution in [-0.2, 0) is 0 Å². The van der Waals surface area contributed by atoms with Crippen molar-refractivity contribution in [1.29, 1.82) is 0 Å². The summed E-state index contributed by atoms with van der Waals surface area (Å²) in [5.74, 6) is 0.208. The predicted molar refractivity (Wildman–Crippen MR) is 82.0 cm³/mol. The van der Waals surface area contributed by atoms with Crippen LogP contribution in [0.2, 0.25) is 0 Å². The van der Waals surface area contributed by atoms with E-state index in [1.54, 1.807) is 36.5 Å². The number of imidazole rings is 2. The number of hydrogen-bond donors (Lipinski definition) is 0. The summed E-state index contributed by atoms with van der Waals surface area (Å²) < 4.78 is 7.79. The first-order valence-corrected chi connectivity index (χ1v) is 6.73. The van der Waals surface area contributed by atoms with Crippen molar-refractivity contribution < 1.29 is 14.3 Å². The number of hydrogen-bond acceptors (Lipinski definition) is 5. The fourth-order valence-corrected chi connectivity index (χ4v) is 1.81.